The molecule has 0 bridgehead atoms. The lowest BCUT2D eigenvalue weighted by Crippen LogP contribution is -1.96. The van der Waals surface area contributed by atoms with E-state index in [-0.39, 0.29) is 0 Å². The number of fused-ring (bicyclic) bond motifs is 10. The van der Waals surface area contributed by atoms with Crippen molar-refractivity contribution in [1.82, 2.24) is 4.57 Å². The van der Waals surface area contributed by atoms with Gasteiger partial charge in [-0.2, -0.15) is 0 Å². The largest absolute Gasteiger partial charge is 0.308 e. The summed E-state index contributed by atoms with van der Waals surface area (Å²) in [6.07, 6.45) is 4.43. The monoisotopic (exact) mass is 447 g/mol. The molecule has 166 valence electrons. The summed E-state index contributed by atoms with van der Waals surface area (Å²) in [6.45, 7) is 4.40. The summed E-state index contributed by atoms with van der Waals surface area (Å²) in [7, 11) is 0. The molecule has 35 heavy (non-hydrogen) atoms. The number of aryl methyl sites for hydroxylation is 1. The van der Waals surface area contributed by atoms with Crippen LogP contribution in [0.5, 0.6) is 0 Å². The van der Waals surface area contributed by atoms with Crippen molar-refractivity contribution >= 4 is 60.2 Å². The second-order valence-electron chi connectivity index (χ2n) is 9.29. The van der Waals surface area contributed by atoms with Crippen molar-refractivity contribution in [3.05, 3.63) is 120 Å². The topological polar surface area (TPSA) is 4.93 Å². The third kappa shape index (κ3) is 2.70. The third-order valence-corrected chi connectivity index (χ3v) is 7.44. The predicted molar refractivity (Wildman–Crippen MR) is 153 cm³/mol. The van der Waals surface area contributed by atoms with E-state index >= 15 is 0 Å². The molecule has 1 heteroatoms. The zero-order valence-electron chi connectivity index (χ0n) is 19.9. The Morgan fingerprint density at radius 3 is 1.66 bits per heavy atom. The Morgan fingerprint density at radius 1 is 0.514 bits per heavy atom. The van der Waals surface area contributed by atoms with Crippen molar-refractivity contribution in [1.29, 1.82) is 0 Å². The van der Waals surface area contributed by atoms with Crippen LogP contribution in [-0.2, 0) is 0 Å². The van der Waals surface area contributed by atoms with Gasteiger partial charge in [0, 0.05) is 27.2 Å². The van der Waals surface area contributed by atoms with Crippen LogP contribution in [0.1, 0.15) is 18.1 Å². The predicted octanol–water partition coefficient (Wildman–Crippen LogP) is 9.58. The van der Waals surface area contributed by atoms with Gasteiger partial charge in [-0.25, -0.2) is 0 Å². The lowest BCUT2D eigenvalue weighted by atomic mass is 9.91. The Bertz CT molecular complexity index is 1950. The van der Waals surface area contributed by atoms with Crippen molar-refractivity contribution in [2.75, 3.05) is 0 Å². The molecule has 6 aromatic carbocycles. The Balaban J connectivity index is 1.93. The van der Waals surface area contributed by atoms with E-state index in [4.69, 9.17) is 0 Å². The SMILES string of the molecule is C/C=C\c1c(C)c2c3c4ccccc4c4ccccc4c3n(-c3ccccc3)c2c2ccccc12. The van der Waals surface area contributed by atoms with Crippen molar-refractivity contribution in [2.45, 2.75) is 13.8 Å². The first-order chi connectivity index (χ1) is 17.3. The molecule has 0 aliphatic heterocycles. The number of allylic oxidation sites excluding steroid dienone is 1. The molecule has 0 saturated carbocycles. The van der Waals surface area contributed by atoms with Gasteiger partial charge in [0.15, 0.2) is 0 Å². The fraction of sp³-hybridized carbons (Fsp3) is 0.0588. The minimum Gasteiger partial charge on any atom is -0.308 e. The van der Waals surface area contributed by atoms with E-state index in [1.165, 1.54) is 70.9 Å². The molecular formula is C34H25N. The van der Waals surface area contributed by atoms with Crippen molar-refractivity contribution < 1.29 is 0 Å². The fourth-order valence-electron chi connectivity index (χ4n) is 6.05. The van der Waals surface area contributed by atoms with E-state index in [2.05, 4.69) is 134 Å². The first-order valence-corrected chi connectivity index (χ1v) is 12.3. The van der Waals surface area contributed by atoms with Gasteiger partial charge < -0.3 is 4.57 Å². The van der Waals surface area contributed by atoms with Gasteiger partial charge in [-0.1, -0.05) is 103 Å². The molecule has 0 N–H and O–H groups in total. The van der Waals surface area contributed by atoms with E-state index in [1.807, 2.05) is 0 Å². The third-order valence-electron chi connectivity index (χ3n) is 7.44. The molecule has 0 aliphatic rings. The van der Waals surface area contributed by atoms with Crippen LogP contribution in [-0.4, -0.2) is 4.57 Å². The number of aromatic nitrogens is 1. The second-order valence-corrected chi connectivity index (χ2v) is 9.29. The number of hydrogen-bond acceptors (Lipinski definition) is 0. The average Bonchev–Trinajstić information content (AvgIpc) is 3.29. The van der Waals surface area contributed by atoms with Crippen molar-refractivity contribution in [2.24, 2.45) is 0 Å². The van der Waals surface area contributed by atoms with E-state index in [1.54, 1.807) is 0 Å². The van der Waals surface area contributed by atoms with Crippen LogP contribution in [0.3, 0.4) is 0 Å². The number of nitrogens with zero attached hydrogens (tertiary/aromatic N) is 1. The number of benzene rings is 6. The summed E-state index contributed by atoms with van der Waals surface area (Å²) >= 11 is 0. The highest BCUT2D eigenvalue weighted by atomic mass is 15.0. The lowest BCUT2D eigenvalue weighted by molar-refractivity contribution is 1.19. The Labute approximate surface area is 204 Å². The molecule has 0 spiro atoms. The first kappa shape index (κ1) is 20.1. The van der Waals surface area contributed by atoms with Gasteiger partial charge in [0.1, 0.15) is 0 Å². The van der Waals surface area contributed by atoms with Gasteiger partial charge in [-0.05, 0) is 58.7 Å². The summed E-state index contributed by atoms with van der Waals surface area (Å²) < 4.78 is 2.51. The van der Waals surface area contributed by atoms with Crippen molar-refractivity contribution in [3.8, 4) is 5.69 Å². The number of hydrogen-bond donors (Lipinski definition) is 0. The maximum absolute atomic E-state index is 2.51. The van der Waals surface area contributed by atoms with E-state index in [0.717, 1.165) is 0 Å². The van der Waals surface area contributed by atoms with Gasteiger partial charge in [0.25, 0.3) is 0 Å². The molecule has 0 atom stereocenters. The minimum atomic E-state index is 1.19. The number of para-hydroxylation sites is 1. The van der Waals surface area contributed by atoms with Crippen LogP contribution in [0.2, 0.25) is 0 Å². The normalized spacial score (nSPS) is 12.2. The molecule has 0 saturated heterocycles. The molecular weight excluding hydrogens is 422 g/mol. The van der Waals surface area contributed by atoms with Crippen LogP contribution in [0.15, 0.2) is 109 Å². The highest BCUT2D eigenvalue weighted by Gasteiger charge is 2.23. The molecule has 0 amide bonds. The molecule has 1 heterocycles. The zero-order chi connectivity index (χ0) is 23.5. The smallest absolute Gasteiger partial charge is 0.0626 e. The Morgan fingerprint density at radius 2 is 1.00 bits per heavy atom. The maximum atomic E-state index is 2.51. The molecule has 0 fully saturated rings. The van der Waals surface area contributed by atoms with Gasteiger partial charge in [0.2, 0.25) is 0 Å². The first-order valence-electron chi connectivity index (χ1n) is 12.3. The molecule has 7 aromatic rings. The van der Waals surface area contributed by atoms with Gasteiger partial charge in [-0.15, -0.1) is 0 Å². The zero-order valence-corrected chi connectivity index (χ0v) is 19.9. The lowest BCUT2D eigenvalue weighted by Gasteiger charge is -2.14. The van der Waals surface area contributed by atoms with Crippen molar-refractivity contribution in [3.63, 3.8) is 0 Å². The highest BCUT2D eigenvalue weighted by Crippen LogP contribution is 2.46. The Kier molecular flexibility index (Phi) is 4.34. The summed E-state index contributed by atoms with van der Waals surface area (Å²) in [5.74, 6) is 0. The van der Waals surface area contributed by atoms with Crippen LogP contribution in [0.4, 0.5) is 0 Å². The minimum absolute atomic E-state index is 1.19. The van der Waals surface area contributed by atoms with E-state index < -0.39 is 0 Å². The van der Waals surface area contributed by atoms with E-state index in [0.29, 0.717) is 0 Å². The van der Waals surface area contributed by atoms with E-state index in [9.17, 15) is 0 Å². The summed E-state index contributed by atoms with van der Waals surface area (Å²) in [4.78, 5) is 0. The maximum Gasteiger partial charge on any atom is 0.0626 e. The molecule has 0 unspecified atom stereocenters. The highest BCUT2D eigenvalue weighted by molar-refractivity contribution is 6.35. The Hall–Kier alpha value is -4.36. The van der Waals surface area contributed by atoms with Gasteiger partial charge in [0.05, 0.1) is 11.0 Å². The molecule has 0 aliphatic carbocycles. The fourth-order valence-corrected chi connectivity index (χ4v) is 6.05. The standard InChI is InChI=1S/C34H25N/c1-3-13-24-22(2)31-32-28-19-10-7-17-26(28)27-18-9-12-21-30(27)34(32)35(23-14-5-4-6-15-23)33(31)29-20-11-8-16-25(24)29/h3-21H,1-2H3/b13-3-. The average molecular weight is 448 g/mol. The summed E-state index contributed by atoms with van der Waals surface area (Å²) in [6, 6.07) is 37.5. The van der Waals surface area contributed by atoms with Crippen LogP contribution in [0.25, 0.3) is 65.9 Å². The van der Waals surface area contributed by atoms with Crippen LogP contribution in [0, 0.1) is 6.92 Å². The second kappa shape index (κ2) is 7.58. The molecule has 0 radical (unpaired) electrons. The van der Waals surface area contributed by atoms with Gasteiger partial charge in [-0.3, -0.25) is 0 Å². The number of rotatable bonds is 2. The van der Waals surface area contributed by atoms with Crippen LogP contribution < -0.4 is 0 Å². The molecule has 1 nitrogen and oxygen atoms in total. The van der Waals surface area contributed by atoms with Crippen LogP contribution >= 0.6 is 0 Å². The molecule has 1 aromatic heterocycles. The molecule has 7 rings (SSSR count). The van der Waals surface area contributed by atoms with Gasteiger partial charge >= 0.3 is 0 Å². The summed E-state index contributed by atoms with van der Waals surface area (Å²) in [5.41, 5.74) is 6.40. The quantitative estimate of drug-likeness (QED) is 0.233. The summed E-state index contributed by atoms with van der Waals surface area (Å²) in [5, 5.41) is 10.5.